The van der Waals surface area contributed by atoms with E-state index in [1.54, 1.807) is 24.3 Å². The molecule has 0 aromatic heterocycles. The number of hydrogen-bond donors (Lipinski definition) is 2. The lowest BCUT2D eigenvalue weighted by molar-refractivity contribution is -0.175. The molecular formula is C12H13F3N2. The molecule has 2 N–H and O–H groups in total. The highest BCUT2D eigenvalue weighted by atomic mass is 19.4. The van der Waals surface area contributed by atoms with Crippen molar-refractivity contribution in [1.29, 1.82) is 5.41 Å². The molecule has 0 saturated carbocycles. The van der Waals surface area contributed by atoms with E-state index in [0.29, 0.717) is 6.42 Å². The van der Waals surface area contributed by atoms with Crippen LogP contribution < -0.4 is 5.32 Å². The molecular weight excluding hydrogens is 229 g/mol. The normalized spacial score (nSPS) is 24.8. The van der Waals surface area contributed by atoms with Crippen LogP contribution >= 0.6 is 0 Å². The first kappa shape index (κ1) is 12.0. The summed E-state index contributed by atoms with van der Waals surface area (Å²) >= 11 is 0. The molecule has 0 unspecified atom stereocenters. The van der Waals surface area contributed by atoms with E-state index in [-0.39, 0.29) is 12.3 Å². The molecule has 0 amide bonds. The Kier molecular flexibility index (Phi) is 3.09. The van der Waals surface area contributed by atoms with Gasteiger partial charge in [0.1, 0.15) is 0 Å². The second kappa shape index (κ2) is 4.39. The molecule has 0 spiro atoms. The predicted octanol–water partition coefficient (Wildman–Crippen LogP) is 2.75. The van der Waals surface area contributed by atoms with Gasteiger partial charge in [0.25, 0.3) is 0 Å². The molecule has 2 nitrogen and oxygen atoms in total. The summed E-state index contributed by atoms with van der Waals surface area (Å²) in [5.74, 6) is -1.47. The molecule has 92 valence electrons. The summed E-state index contributed by atoms with van der Waals surface area (Å²) < 4.78 is 38.3. The molecule has 1 aliphatic rings. The van der Waals surface area contributed by atoms with Crippen molar-refractivity contribution in [2.45, 2.75) is 25.1 Å². The summed E-state index contributed by atoms with van der Waals surface area (Å²) in [4.78, 5) is 0. The van der Waals surface area contributed by atoms with Gasteiger partial charge in [0, 0.05) is 12.5 Å². The first-order valence-corrected chi connectivity index (χ1v) is 5.41. The molecule has 1 heterocycles. The van der Waals surface area contributed by atoms with Gasteiger partial charge in [-0.05, 0) is 12.0 Å². The fourth-order valence-corrected chi connectivity index (χ4v) is 2.15. The molecule has 0 radical (unpaired) electrons. The van der Waals surface area contributed by atoms with E-state index in [1.165, 1.54) is 0 Å². The molecule has 2 atom stereocenters. The van der Waals surface area contributed by atoms with Gasteiger partial charge in [-0.15, -0.1) is 0 Å². The van der Waals surface area contributed by atoms with Gasteiger partial charge in [-0.2, -0.15) is 13.2 Å². The van der Waals surface area contributed by atoms with Crippen LogP contribution in [0.25, 0.3) is 0 Å². The number of halogens is 3. The molecule has 17 heavy (non-hydrogen) atoms. The first-order valence-electron chi connectivity index (χ1n) is 5.41. The maximum atomic E-state index is 12.8. The van der Waals surface area contributed by atoms with Crippen molar-refractivity contribution in [2.24, 2.45) is 5.92 Å². The molecule has 0 aliphatic carbocycles. The second-order valence-corrected chi connectivity index (χ2v) is 4.27. The Hall–Kier alpha value is -1.52. The fourth-order valence-electron chi connectivity index (χ4n) is 2.15. The molecule has 5 heteroatoms. The maximum Gasteiger partial charge on any atom is 0.394 e. The quantitative estimate of drug-likeness (QED) is 0.821. The Labute approximate surface area is 97.3 Å². The fraction of sp³-hybridized carbons (Fsp3) is 0.417. The SMILES string of the molecule is N=C1C[C@H](C(F)(F)F)[C@H](Cc2ccccc2)N1. The Balaban J connectivity index is 2.12. The van der Waals surface area contributed by atoms with E-state index < -0.39 is 18.1 Å². The smallest absolute Gasteiger partial charge is 0.370 e. The van der Waals surface area contributed by atoms with Crippen molar-refractivity contribution in [3.05, 3.63) is 35.9 Å². The lowest BCUT2D eigenvalue weighted by atomic mass is 9.94. The Morgan fingerprint density at radius 2 is 1.88 bits per heavy atom. The summed E-state index contributed by atoms with van der Waals surface area (Å²) in [6.45, 7) is 0. The van der Waals surface area contributed by atoms with E-state index in [1.807, 2.05) is 6.07 Å². The number of rotatable bonds is 2. The van der Waals surface area contributed by atoms with Crippen molar-refractivity contribution in [2.75, 3.05) is 0 Å². The lowest BCUT2D eigenvalue weighted by Crippen LogP contribution is -2.37. The molecule has 1 saturated heterocycles. The van der Waals surface area contributed by atoms with Crippen LogP contribution in [0.5, 0.6) is 0 Å². The van der Waals surface area contributed by atoms with Crippen molar-refractivity contribution in [3.8, 4) is 0 Å². The lowest BCUT2D eigenvalue weighted by Gasteiger charge is -2.21. The molecule has 2 rings (SSSR count). The van der Waals surface area contributed by atoms with Gasteiger partial charge in [-0.1, -0.05) is 30.3 Å². The van der Waals surface area contributed by atoms with Gasteiger partial charge in [0.2, 0.25) is 0 Å². The zero-order chi connectivity index (χ0) is 12.5. The molecule has 1 aromatic rings. The van der Waals surface area contributed by atoms with E-state index in [2.05, 4.69) is 5.32 Å². The van der Waals surface area contributed by atoms with Crippen LogP contribution in [0.4, 0.5) is 13.2 Å². The standard InChI is InChI=1S/C12H13F3N2/c13-12(14,15)9-7-11(16)17-10(9)6-8-4-2-1-3-5-8/h1-5,9-10H,6-7H2,(H2,16,17)/t9-,10-/m0/s1. The summed E-state index contributed by atoms with van der Waals surface area (Å²) in [6.07, 6.45) is -4.18. The van der Waals surface area contributed by atoms with Gasteiger partial charge < -0.3 is 5.32 Å². The predicted molar refractivity (Wildman–Crippen MR) is 59.0 cm³/mol. The van der Waals surface area contributed by atoms with Crippen LogP contribution in [0.3, 0.4) is 0 Å². The summed E-state index contributed by atoms with van der Waals surface area (Å²) in [6, 6.07) is 8.32. The minimum absolute atomic E-state index is 0.0201. The van der Waals surface area contributed by atoms with Crippen LogP contribution in [-0.4, -0.2) is 18.1 Å². The second-order valence-electron chi connectivity index (χ2n) is 4.27. The third kappa shape index (κ3) is 2.78. The van der Waals surface area contributed by atoms with Crippen LogP contribution in [0.1, 0.15) is 12.0 Å². The summed E-state index contributed by atoms with van der Waals surface area (Å²) in [5, 5.41) is 9.97. The zero-order valence-corrected chi connectivity index (χ0v) is 9.09. The topological polar surface area (TPSA) is 35.9 Å². The van der Waals surface area contributed by atoms with Gasteiger partial charge in [-0.25, -0.2) is 0 Å². The van der Waals surface area contributed by atoms with Gasteiger partial charge in [0.05, 0.1) is 11.8 Å². The highest BCUT2D eigenvalue weighted by Gasteiger charge is 2.48. The summed E-state index contributed by atoms with van der Waals surface area (Å²) in [5.41, 5.74) is 0.856. The number of benzene rings is 1. The molecule has 0 bridgehead atoms. The maximum absolute atomic E-state index is 12.8. The minimum atomic E-state index is -4.24. The van der Waals surface area contributed by atoms with Gasteiger partial charge >= 0.3 is 6.18 Å². The average Bonchev–Trinajstić information content (AvgIpc) is 2.60. The number of amidine groups is 1. The minimum Gasteiger partial charge on any atom is -0.370 e. The third-order valence-corrected chi connectivity index (χ3v) is 2.99. The van der Waals surface area contributed by atoms with Gasteiger partial charge in [-0.3, -0.25) is 5.41 Å². The van der Waals surface area contributed by atoms with E-state index in [9.17, 15) is 13.2 Å². The largest absolute Gasteiger partial charge is 0.394 e. The Morgan fingerprint density at radius 1 is 1.24 bits per heavy atom. The Bertz CT molecular complexity index is 400. The van der Waals surface area contributed by atoms with E-state index in [0.717, 1.165) is 5.56 Å². The van der Waals surface area contributed by atoms with Gasteiger partial charge in [0.15, 0.2) is 0 Å². The van der Waals surface area contributed by atoms with Crippen LogP contribution in [0.2, 0.25) is 0 Å². The number of nitrogens with one attached hydrogen (secondary N) is 2. The van der Waals surface area contributed by atoms with Crippen molar-refractivity contribution >= 4 is 5.84 Å². The monoisotopic (exact) mass is 242 g/mol. The van der Waals surface area contributed by atoms with Crippen LogP contribution in [-0.2, 0) is 6.42 Å². The van der Waals surface area contributed by atoms with Crippen molar-refractivity contribution < 1.29 is 13.2 Å². The van der Waals surface area contributed by atoms with Crippen molar-refractivity contribution in [3.63, 3.8) is 0 Å². The highest BCUT2D eigenvalue weighted by Crippen LogP contribution is 2.35. The molecule has 1 aliphatic heterocycles. The van der Waals surface area contributed by atoms with E-state index >= 15 is 0 Å². The molecule has 1 aromatic carbocycles. The number of alkyl halides is 3. The Morgan fingerprint density at radius 3 is 2.47 bits per heavy atom. The average molecular weight is 242 g/mol. The van der Waals surface area contributed by atoms with E-state index in [4.69, 9.17) is 5.41 Å². The highest BCUT2D eigenvalue weighted by molar-refractivity contribution is 5.82. The third-order valence-electron chi connectivity index (χ3n) is 2.99. The van der Waals surface area contributed by atoms with Crippen LogP contribution in [0, 0.1) is 11.3 Å². The zero-order valence-electron chi connectivity index (χ0n) is 9.09. The van der Waals surface area contributed by atoms with Crippen molar-refractivity contribution in [1.82, 2.24) is 5.32 Å². The molecule has 1 fully saturated rings. The number of hydrogen-bond acceptors (Lipinski definition) is 1. The summed E-state index contributed by atoms with van der Waals surface area (Å²) in [7, 11) is 0. The van der Waals surface area contributed by atoms with Crippen LogP contribution in [0.15, 0.2) is 30.3 Å². The first-order chi connectivity index (χ1) is 7.97.